The molecule has 148 valence electrons. The normalized spacial score (nSPS) is 22.9. The van der Waals surface area contributed by atoms with Gasteiger partial charge in [0.15, 0.2) is 6.61 Å². The van der Waals surface area contributed by atoms with Gasteiger partial charge in [0.05, 0.1) is 11.6 Å². The quantitative estimate of drug-likeness (QED) is 0.748. The third-order valence-corrected chi connectivity index (χ3v) is 7.04. The molecule has 0 spiro atoms. The van der Waals surface area contributed by atoms with Crippen LogP contribution in [0, 0.1) is 18.8 Å². The van der Waals surface area contributed by atoms with Gasteiger partial charge in [0.25, 0.3) is 5.91 Å². The fourth-order valence-electron chi connectivity index (χ4n) is 3.27. The van der Waals surface area contributed by atoms with Crippen LogP contribution in [0.4, 0.5) is 5.69 Å². The van der Waals surface area contributed by atoms with Crippen molar-refractivity contribution >= 4 is 27.6 Å². The number of rotatable bonds is 6. The van der Waals surface area contributed by atoms with Crippen LogP contribution in [0.2, 0.25) is 0 Å². The molecule has 0 aromatic heterocycles. The summed E-state index contributed by atoms with van der Waals surface area (Å²) in [6, 6.07) is 4.88. The smallest absolute Gasteiger partial charge is 0.309 e. The Hall–Kier alpha value is -1.93. The minimum absolute atomic E-state index is 0.0832. The molecule has 1 heterocycles. The Morgan fingerprint density at radius 3 is 2.52 bits per heavy atom. The van der Waals surface area contributed by atoms with Gasteiger partial charge in [-0.3, -0.25) is 9.59 Å². The van der Waals surface area contributed by atoms with Crippen LogP contribution < -0.4 is 5.32 Å². The third-order valence-electron chi connectivity index (χ3n) is 5.10. The number of ether oxygens (including phenoxy) is 1. The number of benzene rings is 1. The molecule has 7 nitrogen and oxygen atoms in total. The second-order valence-corrected chi connectivity index (χ2v) is 9.35. The molecular formula is C19H26N2O5S. The van der Waals surface area contributed by atoms with Gasteiger partial charge in [-0.2, -0.15) is 4.31 Å². The first kappa shape index (κ1) is 19.8. The third kappa shape index (κ3) is 4.68. The van der Waals surface area contributed by atoms with E-state index in [9.17, 15) is 18.0 Å². The van der Waals surface area contributed by atoms with Crippen LogP contribution in [0.25, 0.3) is 0 Å². The summed E-state index contributed by atoms with van der Waals surface area (Å²) >= 11 is 0. The lowest BCUT2D eigenvalue weighted by molar-refractivity contribution is -0.148. The van der Waals surface area contributed by atoms with E-state index >= 15 is 0 Å². The van der Waals surface area contributed by atoms with E-state index in [1.54, 1.807) is 25.1 Å². The summed E-state index contributed by atoms with van der Waals surface area (Å²) in [5.74, 6) is -0.732. The molecule has 2 atom stereocenters. The summed E-state index contributed by atoms with van der Waals surface area (Å²) in [6.45, 7) is 4.32. The van der Waals surface area contributed by atoms with E-state index in [0.717, 1.165) is 31.2 Å². The molecule has 1 amide bonds. The van der Waals surface area contributed by atoms with Crippen LogP contribution in [-0.2, 0) is 24.3 Å². The molecule has 1 aromatic rings. The first-order chi connectivity index (χ1) is 12.8. The molecule has 1 aromatic carbocycles. The fourth-order valence-corrected chi connectivity index (χ4v) is 5.02. The maximum atomic E-state index is 13.0. The Balaban J connectivity index is 1.71. The second kappa shape index (κ2) is 7.98. The Kier molecular flexibility index (Phi) is 5.86. The largest absolute Gasteiger partial charge is 0.455 e. The molecule has 2 aliphatic rings. The number of carbonyl (C=O) groups excluding carboxylic acids is 2. The van der Waals surface area contributed by atoms with Gasteiger partial charge in [-0.1, -0.05) is 19.4 Å². The molecule has 0 radical (unpaired) electrons. The first-order valence-electron chi connectivity index (χ1n) is 9.36. The maximum absolute atomic E-state index is 13.0. The summed E-state index contributed by atoms with van der Waals surface area (Å²) in [7, 11) is -3.69. The average molecular weight is 394 g/mol. The zero-order chi connectivity index (χ0) is 19.6. The molecule has 1 saturated heterocycles. The van der Waals surface area contributed by atoms with E-state index in [2.05, 4.69) is 5.32 Å². The minimum Gasteiger partial charge on any atom is -0.455 e. The average Bonchev–Trinajstić information content (AvgIpc) is 3.38. The number of anilines is 1. The maximum Gasteiger partial charge on any atom is 0.309 e. The predicted octanol–water partition coefficient (Wildman–Crippen LogP) is 2.31. The fraction of sp³-hybridized carbons (Fsp3) is 0.579. The number of amides is 1. The number of piperidine rings is 1. The molecule has 1 aliphatic heterocycles. The van der Waals surface area contributed by atoms with E-state index in [1.165, 1.54) is 4.31 Å². The Morgan fingerprint density at radius 2 is 1.89 bits per heavy atom. The van der Waals surface area contributed by atoms with E-state index in [4.69, 9.17) is 4.74 Å². The molecule has 3 rings (SSSR count). The summed E-state index contributed by atoms with van der Waals surface area (Å²) < 4.78 is 32.6. The molecule has 1 aliphatic carbocycles. The second-order valence-electron chi connectivity index (χ2n) is 7.44. The Bertz CT molecular complexity index is 831. The zero-order valence-electron chi connectivity index (χ0n) is 15.7. The lowest BCUT2D eigenvalue weighted by Crippen LogP contribution is -2.36. The summed E-state index contributed by atoms with van der Waals surface area (Å²) in [4.78, 5) is 24.0. The number of nitrogens with zero attached hydrogens (tertiary/aromatic N) is 1. The van der Waals surface area contributed by atoms with Crippen LogP contribution in [0.15, 0.2) is 23.1 Å². The lowest BCUT2D eigenvalue weighted by atomic mass is 10.2. The summed E-state index contributed by atoms with van der Waals surface area (Å²) in [5, 5.41) is 2.59. The summed E-state index contributed by atoms with van der Waals surface area (Å²) in [6.07, 6.45) is 3.48. The van der Waals surface area contributed by atoms with Crippen molar-refractivity contribution in [3.63, 3.8) is 0 Å². The number of sulfonamides is 1. The highest BCUT2D eigenvalue weighted by atomic mass is 32.2. The van der Waals surface area contributed by atoms with Gasteiger partial charge in [0.2, 0.25) is 10.0 Å². The van der Waals surface area contributed by atoms with Gasteiger partial charge in [-0.05, 0) is 49.8 Å². The van der Waals surface area contributed by atoms with Crippen LogP contribution in [0.3, 0.4) is 0 Å². The topological polar surface area (TPSA) is 92.8 Å². The van der Waals surface area contributed by atoms with Crippen molar-refractivity contribution in [2.75, 3.05) is 25.0 Å². The highest BCUT2D eigenvalue weighted by molar-refractivity contribution is 7.89. The predicted molar refractivity (Wildman–Crippen MR) is 101 cm³/mol. The standard InChI is InChI=1S/C19H26N2O5S/c1-13-6-7-16(20-18(22)12-26-19(23)15-11-14(15)2)17(10-13)27(24,25)21-8-4-3-5-9-21/h6-7,10,14-15H,3-5,8-9,11-12H2,1-2H3,(H,20,22)/t14-,15-/m1/s1. The van der Waals surface area contributed by atoms with E-state index in [-0.39, 0.29) is 22.5 Å². The molecular weight excluding hydrogens is 368 g/mol. The van der Waals surface area contributed by atoms with Crippen molar-refractivity contribution < 1.29 is 22.7 Å². The Morgan fingerprint density at radius 1 is 1.22 bits per heavy atom. The number of hydrogen-bond donors (Lipinski definition) is 1. The summed E-state index contributed by atoms with van der Waals surface area (Å²) in [5.41, 5.74) is 1.00. The van der Waals surface area contributed by atoms with Gasteiger partial charge in [-0.15, -0.1) is 0 Å². The van der Waals surface area contributed by atoms with Crippen molar-refractivity contribution in [3.8, 4) is 0 Å². The van der Waals surface area contributed by atoms with Crippen LogP contribution >= 0.6 is 0 Å². The number of hydrogen-bond acceptors (Lipinski definition) is 5. The van der Waals surface area contributed by atoms with E-state index < -0.39 is 22.5 Å². The number of esters is 1. The Labute approximate surface area is 160 Å². The highest BCUT2D eigenvalue weighted by Gasteiger charge is 2.40. The number of carbonyl (C=O) groups is 2. The monoisotopic (exact) mass is 394 g/mol. The number of nitrogens with one attached hydrogen (secondary N) is 1. The molecule has 0 unspecified atom stereocenters. The molecule has 27 heavy (non-hydrogen) atoms. The van der Waals surface area contributed by atoms with Crippen molar-refractivity contribution in [1.82, 2.24) is 4.31 Å². The van der Waals surface area contributed by atoms with Gasteiger partial charge in [0, 0.05) is 13.1 Å². The van der Waals surface area contributed by atoms with Crippen molar-refractivity contribution in [3.05, 3.63) is 23.8 Å². The highest BCUT2D eigenvalue weighted by Crippen LogP contribution is 2.38. The molecule has 2 fully saturated rings. The van der Waals surface area contributed by atoms with Gasteiger partial charge in [0.1, 0.15) is 4.90 Å². The SMILES string of the molecule is Cc1ccc(NC(=O)COC(=O)[C@@H]2C[C@H]2C)c(S(=O)(=O)N2CCCCC2)c1. The van der Waals surface area contributed by atoms with Gasteiger partial charge in [-0.25, -0.2) is 8.42 Å². The minimum atomic E-state index is -3.69. The van der Waals surface area contributed by atoms with Crippen molar-refractivity contribution in [1.29, 1.82) is 0 Å². The number of aryl methyl sites for hydroxylation is 1. The van der Waals surface area contributed by atoms with E-state index in [0.29, 0.717) is 19.0 Å². The van der Waals surface area contributed by atoms with Crippen LogP contribution in [-0.4, -0.2) is 44.3 Å². The van der Waals surface area contributed by atoms with Gasteiger partial charge >= 0.3 is 5.97 Å². The molecule has 0 bridgehead atoms. The van der Waals surface area contributed by atoms with Gasteiger partial charge < -0.3 is 10.1 Å². The lowest BCUT2D eigenvalue weighted by Gasteiger charge is -2.27. The molecule has 8 heteroatoms. The first-order valence-corrected chi connectivity index (χ1v) is 10.8. The molecule has 1 N–H and O–H groups in total. The molecule has 1 saturated carbocycles. The van der Waals surface area contributed by atoms with Crippen LogP contribution in [0.1, 0.15) is 38.2 Å². The van der Waals surface area contributed by atoms with E-state index in [1.807, 2.05) is 6.92 Å². The zero-order valence-corrected chi connectivity index (χ0v) is 16.5. The van der Waals surface area contributed by atoms with Crippen molar-refractivity contribution in [2.24, 2.45) is 11.8 Å². The van der Waals surface area contributed by atoms with Crippen molar-refractivity contribution in [2.45, 2.75) is 44.4 Å². The van der Waals surface area contributed by atoms with Crippen LogP contribution in [0.5, 0.6) is 0 Å².